The van der Waals surface area contributed by atoms with Gasteiger partial charge < -0.3 is 38.5 Å². The van der Waals surface area contributed by atoms with Gasteiger partial charge in [0.05, 0.1) is 46.2 Å². The molecule has 1 rings (SSSR count). The quantitative estimate of drug-likeness (QED) is 0.246. The van der Waals surface area contributed by atoms with Crippen molar-refractivity contribution in [1.29, 1.82) is 0 Å². The van der Waals surface area contributed by atoms with Gasteiger partial charge in [-0.25, -0.2) is 0 Å². The summed E-state index contributed by atoms with van der Waals surface area (Å²) in [5.74, 6) is 0. The van der Waals surface area contributed by atoms with Crippen LogP contribution in [0.15, 0.2) is 0 Å². The summed E-state index contributed by atoms with van der Waals surface area (Å²) in [6, 6.07) is 0. The molecular weight excluding hydrogens is 466 g/mol. The van der Waals surface area contributed by atoms with Crippen molar-refractivity contribution in [2.75, 3.05) is 91.6 Å². The van der Waals surface area contributed by atoms with E-state index in [1.165, 1.54) is 0 Å². The van der Waals surface area contributed by atoms with Gasteiger partial charge in [-0.05, 0) is 27.7 Å². The molecule has 196 valence electrons. The molecule has 0 aromatic heterocycles. The molecule has 0 radical (unpaired) electrons. The van der Waals surface area contributed by atoms with Crippen LogP contribution in [0, 0.1) is 0 Å². The molecule has 1 aliphatic rings. The van der Waals surface area contributed by atoms with Crippen molar-refractivity contribution in [2.45, 2.75) is 27.7 Å². The maximum absolute atomic E-state index is 12.1. The van der Waals surface area contributed by atoms with E-state index < -0.39 is 15.2 Å². The first-order valence-corrected chi connectivity index (χ1v) is 14.3. The van der Waals surface area contributed by atoms with Crippen LogP contribution in [0.5, 0.6) is 0 Å². The van der Waals surface area contributed by atoms with Crippen LogP contribution in [0.4, 0.5) is 0 Å². The van der Waals surface area contributed by atoms with Gasteiger partial charge >= 0.3 is 15.2 Å². The molecule has 0 aromatic carbocycles. The minimum Gasteiger partial charge on any atom is -0.397 e. The van der Waals surface area contributed by atoms with Gasteiger partial charge in [0.25, 0.3) is 0 Å². The van der Waals surface area contributed by atoms with E-state index in [0.717, 1.165) is 0 Å². The highest BCUT2D eigenvalue weighted by molar-refractivity contribution is 7.54. The van der Waals surface area contributed by atoms with E-state index >= 15 is 0 Å². The Morgan fingerprint density at radius 2 is 1.50 bits per heavy atom. The van der Waals surface area contributed by atoms with Gasteiger partial charge in [0.15, 0.2) is 0 Å². The lowest BCUT2D eigenvalue weighted by atomic mass is 10.5. The number of hydrogen-bond donors (Lipinski definition) is 4. The molecule has 0 aliphatic carbocycles. The molecule has 0 saturated carbocycles. The van der Waals surface area contributed by atoms with Gasteiger partial charge in [0.1, 0.15) is 12.6 Å². The summed E-state index contributed by atoms with van der Waals surface area (Å²) in [6.07, 6.45) is 0.386. The van der Waals surface area contributed by atoms with Gasteiger partial charge in [-0.15, -0.1) is 0 Å². The van der Waals surface area contributed by atoms with Crippen molar-refractivity contribution in [1.82, 2.24) is 9.80 Å². The summed E-state index contributed by atoms with van der Waals surface area (Å²) in [6.45, 7) is 10.5. The zero-order valence-electron chi connectivity index (χ0n) is 19.9. The van der Waals surface area contributed by atoms with E-state index in [4.69, 9.17) is 38.5 Å². The van der Waals surface area contributed by atoms with E-state index in [1.54, 1.807) is 32.6 Å². The van der Waals surface area contributed by atoms with E-state index in [2.05, 4.69) is 0 Å². The minimum absolute atomic E-state index is 0.0573. The number of β-amino-alcohol motifs (C(OH)–C–C–N with tert-alkyl or cyclic N) is 1. The van der Waals surface area contributed by atoms with Gasteiger partial charge in [-0.2, -0.15) is 0 Å². The van der Waals surface area contributed by atoms with Crippen LogP contribution in [0.25, 0.3) is 0 Å². The smallest absolute Gasteiger partial charge is 0.344 e. The molecule has 0 amide bonds. The molecule has 32 heavy (non-hydrogen) atoms. The Kier molecular flexibility index (Phi) is 23.1. The maximum Gasteiger partial charge on any atom is 0.344 e. The first kappa shape index (κ1) is 34.2. The molecule has 1 aliphatic heterocycles. The standard InChI is InChI=1S/C9H22NO5P.C7H16NO4P.C2H6O/c1-3-14-16(13,15-4-2)9-10(5-7-11)6-8-12;1-2-11-13(10)7-8(3-5-9)4-6-12-13;1-2-3/h11-12H,3-9H2,1-2H3;9H,2-7H2,1H3;3H,2H2,1H3. The summed E-state index contributed by atoms with van der Waals surface area (Å²) in [4.78, 5) is 3.55. The predicted molar refractivity (Wildman–Crippen MR) is 123 cm³/mol. The third-order valence-electron chi connectivity index (χ3n) is 3.67. The van der Waals surface area contributed by atoms with Crippen LogP contribution in [-0.4, -0.2) is 122 Å². The van der Waals surface area contributed by atoms with Gasteiger partial charge in [-0.3, -0.25) is 18.9 Å². The molecule has 1 unspecified atom stereocenters. The van der Waals surface area contributed by atoms with E-state index in [0.29, 0.717) is 58.9 Å². The number of hydrogen-bond acceptors (Lipinski definition) is 12. The molecule has 1 heterocycles. The second-order valence-electron chi connectivity index (χ2n) is 6.31. The molecule has 0 bridgehead atoms. The molecule has 1 saturated heterocycles. The summed E-state index contributed by atoms with van der Waals surface area (Å²) < 4.78 is 44.3. The fourth-order valence-electron chi connectivity index (χ4n) is 2.56. The Morgan fingerprint density at radius 1 is 0.969 bits per heavy atom. The van der Waals surface area contributed by atoms with Crippen molar-refractivity contribution >= 4 is 15.2 Å². The zero-order valence-corrected chi connectivity index (χ0v) is 21.7. The van der Waals surface area contributed by atoms with Gasteiger partial charge in [0.2, 0.25) is 0 Å². The third kappa shape index (κ3) is 17.5. The molecule has 14 heteroatoms. The van der Waals surface area contributed by atoms with Crippen molar-refractivity contribution < 1.29 is 47.7 Å². The van der Waals surface area contributed by atoms with Crippen LogP contribution in [0.1, 0.15) is 27.7 Å². The van der Waals surface area contributed by atoms with Gasteiger partial charge in [-0.1, -0.05) is 0 Å². The normalized spacial score (nSPS) is 19.2. The number of nitrogens with zero attached hydrogens (tertiary/aromatic N) is 2. The van der Waals surface area contributed by atoms with Crippen LogP contribution < -0.4 is 0 Å². The lowest BCUT2D eigenvalue weighted by Crippen LogP contribution is -2.35. The monoisotopic (exact) mass is 510 g/mol. The Bertz CT molecular complexity index is 492. The summed E-state index contributed by atoms with van der Waals surface area (Å²) in [7, 11) is -6.02. The summed E-state index contributed by atoms with van der Waals surface area (Å²) in [5, 5.41) is 33.9. The SMILES string of the molecule is CCO.CCOP(=O)(CN(CCO)CCO)OCC.CCOP1(=O)CN(CCO)CCO1. The zero-order chi connectivity index (χ0) is 24.9. The van der Waals surface area contributed by atoms with Crippen LogP contribution >= 0.6 is 15.2 Å². The van der Waals surface area contributed by atoms with E-state index in [1.807, 2.05) is 4.90 Å². The Hall–Kier alpha value is 0.0600. The van der Waals surface area contributed by atoms with Crippen LogP contribution in [0.3, 0.4) is 0 Å². The second-order valence-corrected chi connectivity index (χ2v) is 10.4. The van der Waals surface area contributed by atoms with Crippen LogP contribution in [0.2, 0.25) is 0 Å². The number of aliphatic hydroxyl groups is 4. The van der Waals surface area contributed by atoms with Crippen LogP contribution in [-0.2, 0) is 27.2 Å². The first-order valence-electron chi connectivity index (χ1n) is 10.9. The molecule has 1 atom stereocenters. The molecular formula is C18H44N2O10P2. The highest BCUT2D eigenvalue weighted by Crippen LogP contribution is 2.50. The first-order chi connectivity index (χ1) is 15.2. The second kappa shape index (κ2) is 21.6. The maximum atomic E-state index is 12.1. The molecule has 12 nitrogen and oxygen atoms in total. The lowest BCUT2D eigenvalue weighted by molar-refractivity contribution is 0.120. The molecule has 0 spiro atoms. The Labute approximate surface area is 192 Å². The fourth-order valence-corrected chi connectivity index (χ4v) is 6.12. The van der Waals surface area contributed by atoms with Crippen molar-refractivity contribution in [2.24, 2.45) is 0 Å². The molecule has 4 N–H and O–H groups in total. The van der Waals surface area contributed by atoms with Crippen molar-refractivity contribution in [3.8, 4) is 0 Å². The van der Waals surface area contributed by atoms with E-state index in [9.17, 15) is 9.13 Å². The molecule has 0 aromatic rings. The Morgan fingerprint density at radius 3 is 1.91 bits per heavy atom. The minimum atomic E-state index is -3.13. The average molecular weight is 511 g/mol. The fraction of sp³-hybridized carbons (Fsp3) is 1.00. The molecule has 1 fully saturated rings. The number of aliphatic hydroxyl groups excluding tert-OH is 4. The largest absolute Gasteiger partial charge is 0.397 e. The van der Waals surface area contributed by atoms with Crippen molar-refractivity contribution in [3.05, 3.63) is 0 Å². The lowest BCUT2D eigenvalue weighted by Gasteiger charge is -2.31. The highest BCUT2D eigenvalue weighted by atomic mass is 31.2. The van der Waals surface area contributed by atoms with E-state index in [-0.39, 0.29) is 32.7 Å². The van der Waals surface area contributed by atoms with Crippen molar-refractivity contribution in [3.63, 3.8) is 0 Å². The van der Waals surface area contributed by atoms with Gasteiger partial charge in [0, 0.05) is 32.8 Å². The predicted octanol–water partition coefficient (Wildman–Crippen LogP) is 0.993. The summed E-state index contributed by atoms with van der Waals surface area (Å²) in [5.41, 5.74) is 0. The third-order valence-corrected chi connectivity index (χ3v) is 7.69. The number of rotatable bonds is 14. The Balaban J connectivity index is 0. The topological polar surface area (TPSA) is 158 Å². The average Bonchev–Trinajstić information content (AvgIpc) is 2.70. The highest BCUT2D eigenvalue weighted by Gasteiger charge is 2.31. The summed E-state index contributed by atoms with van der Waals surface area (Å²) >= 11 is 0.